The number of ether oxygens (including phenoxy) is 1. The molecule has 0 bridgehead atoms. The number of benzene rings is 2. The second-order valence-electron chi connectivity index (χ2n) is 6.38. The first-order valence-corrected chi connectivity index (χ1v) is 9.11. The number of nitrogens with one attached hydrogen (secondary N) is 1. The van der Waals surface area contributed by atoms with E-state index in [4.69, 9.17) is 4.74 Å². The minimum atomic E-state index is 0.617. The largest absolute Gasteiger partial charge is 0.495 e. The number of para-hydroxylation sites is 3. The lowest BCUT2D eigenvalue weighted by Gasteiger charge is -2.37. The Bertz CT molecular complexity index is 879. The van der Waals surface area contributed by atoms with Crippen LogP contribution >= 0.6 is 0 Å². The van der Waals surface area contributed by atoms with Crippen molar-refractivity contribution < 1.29 is 4.74 Å². The van der Waals surface area contributed by atoms with Gasteiger partial charge in [-0.2, -0.15) is 4.98 Å². The lowest BCUT2D eigenvalue weighted by atomic mass is 10.2. The topological polar surface area (TPSA) is 53.5 Å². The zero-order valence-corrected chi connectivity index (χ0v) is 15.4. The number of anilines is 4. The van der Waals surface area contributed by atoms with Crippen LogP contribution in [0.1, 0.15) is 0 Å². The van der Waals surface area contributed by atoms with Gasteiger partial charge in [0.25, 0.3) is 0 Å². The van der Waals surface area contributed by atoms with Crippen molar-refractivity contribution in [3.63, 3.8) is 0 Å². The highest BCUT2D eigenvalue weighted by atomic mass is 16.5. The van der Waals surface area contributed by atoms with Crippen LogP contribution in [0.15, 0.2) is 66.9 Å². The Morgan fingerprint density at radius 2 is 1.56 bits per heavy atom. The third-order valence-electron chi connectivity index (χ3n) is 4.70. The molecule has 6 nitrogen and oxygen atoms in total. The molecule has 1 aliphatic rings. The lowest BCUT2D eigenvalue weighted by Crippen LogP contribution is -2.47. The molecule has 1 fully saturated rings. The Morgan fingerprint density at radius 3 is 2.33 bits per heavy atom. The summed E-state index contributed by atoms with van der Waals surface area (Å²) in [5.41, 5.74) is 2.13. The van der Waals surface area contributed by atoms with E-state index in [1.54, 1.807) is 13.3 Å². The van der Waals surface area contributed by atoms with Crippen LogP contribution in [0.25, 0.3) is 0 Å². The van der Waals surface area contributed by atoms with Crippen molar-refractivity contribution in [1.29, 1.82) is 0 Å². The summed E-state index contributed by atoms with van der Waals surface area (Å²) in [5.74, 6) is 2.48. The molecule has 2 heterocycles. The minimum absolute atomic E-state index is 0.617. The standard InChI is InChI=1S/C21H23N5O/c1-27-19-10-6-5-9-18(19)25-13-15-26(16-14-25)20-11-12-22-21(24-20)23-17-7-3-2-4-8-17/h2-12H,13-16H2,1H3,(H,22,23,24). The summed E-state index contributed by atoms with van der Waals surface area (Å²) in [7, 11) is 1.72. The van der Waals surface area contributed by atoms with Crippen LogP contribution in [0.3, 0.4) is 0 Å². The molecule has 1 saturated heterocycles. The summed E-state index contributed by atoms with van der Waals surface area (Å²) in [4.78, 5) is 13.7. The van der Waals surface area contributed by atoms with Crippen molar-refractivity contribution >= 4 is 23.1 Å². The number of hydrogen-bond donors (Lipinski definition) is 1. The van der Waals surface area contributed by atoms with Gasteiger partial charge in [-0.05, 0) is 30.3 Å². The second kappa shape index (κ2) is 7.95. The summed E-state index contributed by atoms with van der Waals surface area (Å²) < 4.78 is 5.50. The highest BCUT2D eigenvalue weighted by molar-refractivity contribution is 5.60. The first kappa shape index (κ1) is 17.1. The van der Waals surface area contributed by atoms with Crippen molar-refractivity contribution in [2.45, 2.75) is 0 Å². The van der Waals surface area contributed by atoms with E-state index in [-0.39, 0.29) is 0 Å². The highest BCUT2D eigenvalue weighted by Crippen LogP contribution is 2.29. The van der Waals surface area contributed by atoms with Crippen LogP contribution in [-0.4, -0.2) is 43.3 Å². The molecule has 27 heavy (non-hydrogen) atoms. The molecular formula is C21H23N5O. The average molecular weight is 361 g/mol. The Balaban J connectivity index is 1.43. The predicted octanol–water partition coefficient (Wildman–Crippen LogP) is 3.56. The molecule has 138 valence electrons. The molecule has 0 spiro atoms. The van der Waals surface area contributed by atoms with Gasteiger partial charge in [-0.15, -0.1) is 0 Å². The fourth-order valence-corrected chi connectivity index (χ4v) is 3.30. The van der Waals surface area contributed by atoms with E-state index in [2.05, 4.69) is 37.2 Å². The molecule has 0 unspecified atom stereocenters. The molecule has 0 atom stereocenters. The molecule has 0 aliphatic carbocycles. The van der Waals surface area contributed by atoms with Gasteiger partial charge < -0.3 is 19.9 Å². The predicted molar refractivity (Wildman–Crippen MR) is 109 cm³/mol. The maximum absolute atomic E-state index is 5.50. The monoisotopic (exact) mass is 361 g/mol. The Hall–Kier alpha value is -3.28. The third-order valence-corrected chi connectivity index (χ3v) is 4.70. The smallest absolute Gasteiger partial charge is 0.229 e. The molecule has 2 aromatic carbocycles. The number of methoxy groups -OCH3 is 1. The van der Waals surface area contributed by atoms with Gasteiger partial charge >= 0.3 is 0 Å². The highest BCUT2D eigenvalue weighted by Gasteiger charge is 2.20. The van der Waals surface area contributed by atoms with Crippen molar-refractivity contribution in [2.75, 3.05) is 48.4 Å². The molecule has 4 rings (SSSR count). The molecule has 1 aromatic heterocycles. The zero-order chi connectivity index (χ0) is 18.5. The van der Waals surface area contributed by atoms with Crippen LogP contribution in [0, 0.1) is 0 Å². The number of rotatable bonds is 5. The third kappa shape index (κ3) is 3.95. The fourth-order valence-electron chi connectivity index (χ4n) is 3.30. The second-order valence-corrected chi connectivity index (χ2v) is 6.38. The van der Waals surface area contributed by atoms with E-state index in [9.17, 15) is 0 Å². The molecule has 0 saturated carbocycles. The van der Waals surface area contributed by atoms with Gasteiger partial charge in [0.1, 0.15) is 11.6 Å². The summed E-state index contributed by atoms with van der Waals surface area (Å²) in [6.45, 7) is 3.65. The van der Waals surface area contributed by atoms with E-state index in [0.29, 0.717) is 5.95 Å². The van der Waals surface area contributed by atoms with Gasteiger partial charge in [-0.25, -0.2) is 4.98 Å². The number of aromatic nitrogens is 2. The molecule has 0 radical (unpaired) electrons. The van der Waals surface area contributed by atoms with Crippen LogP contribution in [0.2, 0.25) is 0 Å². The van der Waals surface area contributed by atoms with Crippen LogP contribution < -0.4 is 19.9 Å². The molecular weight excluding hydrogens is 338 g/mol. The Labute approximate surface area is 159 Å². The van der Waals surface area contributed by atoms with E-state index in [1.807, 2.05) is 48.5 Å². The average Bonchev–Trinajstić information content (AvgIpc) is 2.75. The van der Waals surface area contributed by atoms with Crippen molar-refractivity contribution in [3.8, 4) is 5.75 Å². The van der Waals surface area contributed by atoms with Crippen LogP contribution in [-0.2, 0) is 0 Å². The van der Waals surface area contributed by atoms with Crippen molar-refractivity contribution in [2.24, 2.45) is 0 Å². The van der Waals surface area contributed by atoms with Gasteiger partial charge in [0.05, 0.1) is 12.8 Å². The van der Waals surface area contributed by atoms with Crippen molar-refractivity contribution in [1.82, 2.24) is 9.97 Å². The SMILES string of the molecule is COc1ccccc1N1CCN(c2ccnc(Nc3ccccc3)n2)CC1. The lowest BCUT2D eigenvalue weighted by molar-refractivity contribution is 0.413. The first-order valence-electron chi connectivity index (χ1n) is 9.11. The summed E-state index contributed by atoms with van der Waals surface area (Å²) in [5, 5.41) is 3.26. The first-order chi connectivity index (χ1) is 13.3. The van der Waals surface area contributed by atoms with E-state index in [1.165, 1.54) is 0 Å². The molecule has 0 amide bonds. The Morgan fingerprint density at radius 1 is 0.852 bits per heavy atom. The molecule has 1 aliphatic heterocycles. The van der Waals surface area contributed by atoms with Gasteiger partial charge in [-0.3, -0.25) is 0 Å². The quantitative estimate of drug-likeness (QED) is 0.750. The number of nitrogens with zero attached hydrogens (tertiary/aromatic N) is 4. The number of piperazine rings is 1. The van der Waals surface area contributed by atoms with E-state index in [0.717, 1.165) is 49.1 Å². The molecule has 6 heteroatoms. The molecule has 3 aromatic rings. The van der Waals surface area contributed by atoms with Crippen molar-refractivity contribution in [3.05, 3.63) is 66.9 Å². The van der Waals surface area contributed by atoms with E-state index < -0.39 is 0 Å². The van der Waals surface area contributed by atoms with Crippen LogP contribution in [0.4, 0.5) is 23.1 Å². The number of hydrogen-bond acceptors (Lipinski definition) is 6. The molecule has 1 N–H and O–H groups in total. The summed E-state index contributed by atoms with van der Waals surface area (Å²) in [6, 6.07) is 20.1. The van der Waals surface area contributed by atoms with Crippen LogP contribution in [0.5, 0.6) is 5.75 Å². The van der Waals surface area contributed by atoms with Gasteiger partial charge in [-0.1, -0.05) is 30.3 Å². The Kier molecular flexibility index (Phi) is 5.05. The van der Waals surface area contributed by atoms with Gasteiger partial charge in [0.2, 0.25) is 5.95 Å². The maximum atomic E-state index is 5.50. The maximum Gasteiger partial charge on any atom is 0.229 e. The summed E-state index contributed by atoms with van der Waals surface area (Å²) >= 11 is 0. The fraction of sp³-hybridized carbons (Fsp3) is 0.238. The van der Waals surface area contributed by atoms with Gasteiger partial charge in [0.15, 0.2) is 0 Å². The minimum Gasteiger partial charge on any atom is -0.495 e. The summed E-state index contributed by atoms with van der Waals surface area (Å²) in [6.07, 6.45) is 1.81. The normalized spacial score (nSPS) is 14.1. The van der Waals surface area contributed by atoms with Gasteiger partial charge in [0, 0.05) is 38.1 Å². The van der Waals surface area contributed by atoms with E-state index >= 15 is 0 Å². The zero-order valence-electron chi connectivity index (χ0n) is 15.4.